The van der Waals surface area contributed by atoms with Gasteiger partial charge in [0.15, 0.2) is 6.10 Å². The molecule has 1 unspecified atom stereocenters. The second-order valence-electron chi connectivity index (χ2n) is 2.84. The number of carboxylic acids is 1. The summed E-state index contributed by atoms with van der Waals surface area (Å²) in [4.78, 5) is 10.5. The van der Waals surface area contributed by atoms with Gasteiger partial charge in [0.05, 0.1) is 17.7 Å². The minimum Gasteiger partial charge on any atom is -0.545 e. The average molecular weight is 274 g/mol. The number of carbonyl (C=O) groups excluding carboxylic acids is 1. The third-order valence-corrected chi connectivity index (χ3v) is 1.66. The molecular weight excluding hydrogens is 268 g/mol. The molecule has 0 radical (unpaired) electrons. The van der Waals surface area contributed by atoms with E-state index in [9.17, 15) is 23.1 Å². The van der Waals surface area contributed by atoms with Crippen LogP contribution in [0.5, 0.6) is 5.88 Å². The van der Waals surface area contributed by atoms with Crippen LogP contribution in [0, 0.1) is 0 Å². The maximum atomic E-state index is 12.1. The van der Waals surface area contributed by atoms with Crippen molar-refractivity contribution in [1.82, 2.24) is 10.2 Å². The van der Waals surface area contributed by atoms with E-state index < -0.39 is 29.7 Å². The maximum absolute atomic E-state index is 12.1. The number of nitrogens with zero attached hydrogens (tertiary/aromatic N) is 2. The SMILES string of the molecule is CC(Oc1nnccc1C(=O)[O-])C(F)(F)F.[K+]. The van der Waals surface area contributed by atoms with E-state index in [0.29, 0.717) is 0 Å². The fraction of sp³-hybridized carbons (Fsp3) is 0.375. The smallest absolute Gasteiger partial charge is 0.545 e. The molecular formula is C8H6F3KN2O3. The monoisotopic (exact) mass is 274 g/mol. The number of aromatic carboxylic acids is 1. The van der Waals surface area contributed by atoms with Crippen molar-refractivity contribution in [3.63, 3.8) is 0 Å². The minimum absolute atomic E-state index is 0. The topological polar surface area (TPSA) is 75.1 Å². The predicted octanol–water partition coefficient (Wildman–Crippen LogP) is -2.83. The number of hydrogen-bond acceptors (Lipinski definition) is 5. The average Bonchev–Trinajstić information content (AvgIpc) is 2.16. The molecule has 0 aromatic carbocycles. The first kappa shape index (κ1) is 16.8. The normalized spacial score (nSPS) is 12.5. The summed E-state index contributed by atoms with van der Waals surface area (Å²) >= 11 is 0. The van der Waals surface area contributed by atoms with Crippen molar-refractivity contribution in [1.29, 1.82) is 0 Å². The summed E-state index contributed by atoms with van der Waals surface area (Å²) in [6.07, 6.45) is -5.78. The Balaban J connectivity index is 0.00000256. The van der Waals surface area contributed by atoms with E-state index in [-0.39, 0.29) is 51.4 Å². The van der Waals surface area contributed by atoms with Gasteiger partial charge in [0.1, 0.15) is 0 Å². The number of halogens is 3. The van der Waals surface area contributed by atoms with Crippen molar-refractivity contribution in [2.45, 2.75) is 19.2 Å². The van der Waals surface area contributed by atoms with Gasteiger partial charge in [-0.3, -0.25) is 0 Å². The molecule has 17 heavy (non-hydrogen) atoms. The van der Waals surface area contributed by atoms with Gasteiger partial charge >= 0.3 is 57.6 Å². The van der Waals surface area contributed by atoms with Crippen molar-refractivity contribution < 1.29 is 79.2 Å². The molecule has 1 atom stereocenters. The zero-order chi connectivity index (χ0) is 12.3. The Kier molecular flexibility index (Phi) is 6.55. The molecule has 0 amide bonds. The van der Waals surface area contributed by atoms with Gasteiger partial charge in [-0.25, -0.2) is 0 Å². The van der Waals surface area contributed by atoms with E-state index >= 15 is 0 Å². The van der Waals surface area contributed by atoms with Crippen LogP contribution >= 0.6 is 0 Å². The molecule has 9 heteroatoms. The maximum Gasteiger partial charge on any atom is 1.00 e. The number of carboxylic acid groups (broad SMARTS) is 1. The molecule has 1 aromatic heterocycles. The number of aromatic nitrogens is 2. The van der Waals surface area contributed by atoms with E-state index in [1.165, 1.54) is 0 Å². The van der Waals surface area contributed by atoms with Crippen LogP contribution in [0.15, 0.2) is 12.3 Å². The summed E-state index contributed by atoms with van der Waals surface area (Å²) in [7, 11) is 0. The zero-order valence-corrected chi connectivity index (χ0v) is 12.1. The van der Waals surface area contributed by atoms with Crippen LogP contribution in [0.3, 0.4) is 0 Å². The van der Waals surface area contributed by atoms with Crippen LogP contribution in [0.4, 0.5) is 13.2 Å². The molecule has 88 valence electrons. The van der Waals surface area contributed by atoms with Crippen molar-refractivity contribution in [2.75, 3.05) is 0 Å². The van der Waals surface area contributed by atoms with Gasteiger partial charge in [0.2, 0.25) is 5.88 Å². The van der Waals surface area contributed by atoms with E-state index in [0.717, 1.165) is 19.2 Å². The molecule has 0 saturated carbocycles. The van der Waals surface area contributed by atoms with Crippen molar-refractivity contribution in [3.05, 3.63) is 17.8 Å². The Morgan fingerprint density at radius 2 is 2.12 bits per heavy atom. The molecule has 0 aliphatic rings. The van der Waals surface area contributed by atoms with Gasteiger partial charge in [-0.15, -0.1) is 5.10 Å². The van der Waals surface area contributed by atoms with E-state index in [4.69, 9.17) is 0 Å². The summed E-state index contributed by atoms with van der Waals surface area (Å²) in [5.74, 6) is -2.40. The van der Waals surface area contributed by atoms with Gasteiger partial charge in [0.25, 0.3) is 0 Å². The van der Waals surface area contributed by atoms with Crippen LogP contribution in [0.2, 0.25) is 0 Å². The molecule has 0 aliphatic heterocycles. The molecule has 1 heterocycles. The number of ether oxygens (including phenoxy) is 1. The second-order valence-corrected chi connectivity index (χ2v) is 2.84. The van der Waals surface area contributed by atoms with E-state index in [1.807, 2.05) is 0 Å². The summed E-state index contributed by atoms with van der Waals surface area (Å²) < 4.78 is 40.7. The van der Waals surface area contributed by atoms with Gasteiger partial charge in [-0.2, -0.15) is 18.3 Å². The van der Waals surface area contributed by atoms with Crippen LogP contribution in [-0.4, -0.2) is 28.4 Å². The number of hydrogen-bond donors (Lipinski definition) is 0. The van der Waals surface area contributed by atoms with Gasteiger partial charge in [0, 0.05) is 0 Å². The molecule has 0 spiro atoms. The Bertz CT molecular complexity index is 400. The third-order valence-electron chi connectivity index (χ3n) is 1.66. The second kappa shape index (κ2) is 6.64. The van der Waals surface area contributed by atoms with E-state index in [1.54, 1.807) is 0 Å². The molecule has 0 bridgehead atoms. The molecule has 0 N–H and O–H groups in total. The largest absolute Gasteiger partial charge is 1.00 e. The standard InChI is InChI=1S/C8H7F3N2O3.K/c1-4(8(9,10)11)16-6-5(7(14)15)2-3-12-13-6;/h2-4H,1H3,(H,14,15);/q;+1/p-1. The molecule has 1 aromatic rings. The van der Waals surface area contributed by atoms with Gasteiger partial charge in [-0.1, -0.05) is 0 Å². The van der Waals surface area contributed by atoms with Crippen molar-refractivity contribution in [3.8, 4) is 5.88 Å². The van der Waals surface area contributed by atoms with Crippen molar-refractivity contribution >= 4 is 5.97 Å². The van der Waals surface area contributed by atoms with Crippen molar-refractivity contribution in [2.24, 2.45) is 0 Å². The molecule has 1 rings (SSSR count). The van der Waals surface area contributed by atoms with E-state index in [2.05, 4.69) is 14.9 Å². The Morgan fingerprint density at radius 3 is 2.59 bits per heavy atom. The summed E-state index contributed by atoms with van der Waals surface area (Å²) in [5.41, 5.74) is -0.578. The summed E-state index contributed by atoms with van der Waals surface area (Å²) in [6, 6.07) is 0.945. The Labute approximate surface area is 137 Å². The molecule has 0 aliphatic carbocycles. The minimum atomic E-state index is -4.61. The quantitative estimate of drug-likeness (QED) is 0.556. The number of carbonyl (C=O) groups is 1. The first-order valence-electron chi connectivity index (χ1n) is 4.08. The first-order chi connectivity index (χ1) is 7.32. The summed E-state index contributed by atoms with van der Waals surface area (Å²) in [6.45, 7) is 0.730. The Morgan fingerprint density at radius 1 is 1.53 bits per heavy atom. The number of alkyl halides is 3. The molecule has 0 saturated heterocycles. The van der Waals surface area contributed by atoms with Crippen LogP contribution in [0.25, 0.3) is 0 Å². The van der Waals surface area contributed by atoms with Gasteiger partial charge in [-0.05, 0) is 13.0 Å². The van der Waals surface area contributed by atoms with Crippen LogP contribution in [-0.2, 0) is 0 Å². The fourth-order valence-electron chi connectivity index (χ4n) is 0.795. The third kappa shape index (κ3) is 4.88. The zero-order valence-electron chi connectivity index (χ0n) is 8.99. The predicted molar refractivity (Wildman–Crippen MR) is 42.5 cm³/mol. The van der Waals surface area contributed by atoms with Crippen LogP contribution in [0.1, 0.15) is 17.3 Å². The molecule has 0 fully saturated rings. The summed E-state index contributed by atoms with van der Waals surface area (Å²) in [5, 5.41) is 16.9. The fourth-order valence-corrected chi connectivity index (χ4v) is 0.795. The Hall–Kier alpha value is -0.224. The molecule has 5 nitrogen and oxygen atoms in total. The first-order valence-corrected chi connectivity index (χ1v) is 4.08. The van der Waals surface area contributed by atoms with Crippen LogP contribution < -0.4 is 61.2 Å². The van der Waals surface area contributed by atoms with Gasteiger partial charge < -0.3 is 14.6 Å². The number of rotatable bonds is 3.